The van der Waals surface area contributed by atoms with Crippen molar-refractivity contribution in [2.24, 2.45) is 0 Å². The van der Waals surface area contributed by atoms with Crippen molar-refractivity contribution < 1.29 is 19.1 Å². The summed E-state index contributed by atoms with van der Waals surface area (Å²) in [7, 11) is 1.59. The molecule has 1 heterocycles. The van der Waals surface area contributed by atoms with Gasteiger partial charge in [0, 0.05) is 20.3 Å². The van der Waals surface area contributed by atoms with Crippen molar-refractivity contribution in [3.8, 4) is 0 Å². The first kappa shape index (κ1) is 15.2. The number of methoxy groups -OCH3 is 1. The Bertz CT molecular complexity index is 583. The Hall–Kier alpha value is -2.21. The molecule has 0 fully saturated rings. The van der Waals surface area contributed by atoms with Gasteiger partial charge in [-0.15, -0.1) is 0 Å². The van der Waals surface area contributed by atoms with Crippen molar-refractivity contribution in [2.45, 2.75) is 13.3 Å². The van der Waals surface area contributed by atoms with E-state index >= 15 is 0 Å². The summed E-state index contributed by atoms with van der Waals surface area (Å²) in [6.07, 6.45) is 0.699. The molecular formula is C15H18N2O4. The summed E-state index contributed by atoms with van der Waals surface area (Å²) in [5.41, 5.74) is 1.77. The molecule has 0 unspecified atom stereocenters. The summed E-state index contributed by atoms with van der Waals surface area (Å²) in [6, 6.07) is 5.19. The van der Waals surface area contributed by atoms with E-state index in [9.17, 15) is 14.4 Å². The number of fused-ring (bicyclic) bond motifs is 1. The maximum Gasteiger partial charge on any atom is 0.299 e. The highest BCUT2D eigenvalue weighted by molar-refractivity contribution is 6.52. The van der Waals surface area contributed by atoms with Crippen LogP contribution in [0.2, 0.25) is 0 Å². The highest BCUT2D eigenvalue weighted by Crippen LogP contribution is 2.29. The summed E-state index contributed by atoms with van der Waals surface area (Å²) in [5.74, 6) is -1.50. The average molecular weight is 290 g/mol. The molecule has 2 amide bonds. The molecule has 2 rings (SSSR count). The number of ether oxygens (including phenoxy) is 1. The van der Waals surface area contributed by atoms with E-state index in [1.54, 1.807) is 19.2 Å². The Morgan fingerprint density at radius 1 is 1.33 bits per heavy atom. The second kappa shape index (κ2) is 6.49. The van der Waals surface area contributed by atoms with E-state index < -0.39 is 11.7 Å². The summed E-state index contributed by atoms with van der Waals surface area (Å²) in [4.78, 5) is 36.9. The van der Waals surface area contributed by atoms with Gasteiger partial charge < -0.3 is 10.1 Å². The standard InChI is InChI=1S/C15H18N2O4/c1-10-4-5-12-11(8-10)14(19)15(20)17(12)9-13(18)16-6-3-7-21-2/h4-5,8H,3,6-7,9H2,1-2H3,(H,16,18). The fourth-order valence-corrected chi connectivity index (χ4v) is 2.22. The lowest BCUT2D eigenvalue weighted by Gasteiger charge is -2.16. The SMILES string of the molecule is COCCCNC(=O)CN1C(=O)C(=O)c2cc(C)ccc21. The van der Waals surface area contributed by atoms with Crippen LogP contribution in [0.5, 0.6) is 0 Å². The number of ketones is 1. The zero-order valence-corrected chi connectivity index (χ0v) is 12.1. The van der Waals surface area contributed by atoms with Gasteiger partial charge in [-0.3, -0.25) is 19.3 Å². The fraction of sp³-hybridized carbons (Fsp3) is 0.400. The van der Waals surface area contributed by atoms with E-state index in [2.05, 4.69) is 5.32 Å². The van der Waals surface area contributed by atoms with Crippen LogP contribution in [-0.2, 0) is 14.3 Å². The van der Waals surface area contributed by atoms with Gasteiger partial charge in [-0.2, -0.15) is 0 Å². The zero-order chi connectivity index (χ0) is 15.4. The van der Waals surface area contributed by atoms with Crippen LogP contribution in [-0.4, -0.2) is 44.4 Å². The van der Waals surface area contributed by atoms with Crippen molar-refractivity contribution in [1.29, 1.82) is 0 Å². The highest BCUT2D eigenvalue weighted by Gasteiger charge is 2.36. The Labute approximate surface area is 123 Å². The van der Waals surface area contributed by atoms with Crippen molar-refractivity contribution in [3.05, 3.63) is 29.3 Å². The van der Waals surface area contributed by atoms with Crippen LogP contribution in [0.3, 0.4) is 0 Å². The van der Waals surface area contributed by atoms with Gasteiger partial charge in [0.25, 0.3) is 11.7 Å². The number of carbonyl (C=O) groups is 3. The lowest BCUT2D eigenvalue weighted by molar-refractivity contribution is -0.122. The van der Waals surface area contributed by atoms with Crippen LogP contribution >= 0.6 is 0 Å². The summed E-state index contributed by atoms with van der Waals surface area (Å²) >= 11 is 0. The topological polar surface area (TPSA) is 75.7 Å². The molecule has 1 aromatic carbocycles. The molecule has 6 nitrogen and oxygen atoms in total. The molecule has 0 aliphatic carbocycles. The van der Waals surface area contributed by atoms with Gasteiger partial charge in [-0.25, -0.2) is 0 Å². The van der Waals surface area contributed by atoms with E-state index in [1.165, 1.54) is 4.90 Å². The molecule has 0 radical (unpaired) electrons. The number of carbonyl (C=O) groups excluding carboxylic acids is 3. The van der Waals surface area contributed by atoms with Crippen LogP contribution in [0.1, 0.15) is 22.3 Å². The maximum absolute atomic E-state index is 12.0. The molecule has 6 heteroatoms. The van der Waals surface area contributed by atoms with Crippen LogP contribution in [0, 0.1) is 6.92 Å². The summed E-state index contributed by atoms with van der Waals surface area (Å²) < 4.78 is 4.89. The van der Waals surface area contributed by atoms with Crippen LogP contribution in [0.15, 0.2) is 18.2 Å². The number of rotatable bonds is 6. The molecule has 112 valence electrons. The number of Topliss-reactive ketones (excluding diaryl/α,β-unsaturated/α-hetero) is 1. The van der Waals surface area contributed by atoms with Gasteiger partial charge in [0.15, 0.2) is 0 Å². The molecular weight excluding hydrogens is 272 g/mol. The predicted octanol–water partition coefficient (Wildman–Crippen LogP) is 0.677. The summed E-state index contributed by atoms with van der Waals surface area (Å²) in [5, 5.41) is 2.70. The van der Waals surface area contributed by atoms with Gasteiger partial charge in [0.05, 0.1) is 11.3 Å². The molecule has 0 atom stereocenters. The van der Waals surface area contributed by atoms with Gasteiger partial charge in [0.2, 0.25) is 5.91 Å². The lowest BCUT2D eigenvalue weighted by atomic mass is 10.1. The zero-order valence-electron chi connectivity index (χ0n) is 12.1. The number of hydrogen-bond acceptors (Lipinski definition) is 4. The van der Waals surface area contributed by atoms with E-state index in [1.807, 2.05) is 13.0 Å². The quantitative estimate of drug-likeness (QED) is 0.617. The number of benzene rings is 1. The number of amides is 2. The minimum Gasteiger partial charge on any atom is -0.385 e. The number of nitrogens with one attached hydrogen (secondary N) is 1. The van der Waals surface area contributed by atoms with E-state index in [0.717, 1.165) is 5.56 Å². The molecule has 1 aliphatic rings. The Balaban J connectivity index is 2.03. The van der Waals surface area contributed by atoms with Gasteiger partial charge >= 0.3 is 0 Å². The smallest absolute Gasteiger partial charge is 0.299 e. The van der Waals surface area contributed by atoms with Gasteiger partial charge in [-0.05, 0) is 25.5 Å². The Morgan fingerprint density at radius 2 is 2.10 bits per heavy atom. The first-order chi connectivity index (χ1) is 10.0. The largest absolute Gasteiger partial charge is 0.385 e. The average Bonchev–Trinajstić information content (AvgIpc) is 2.69. The predicted molar refractivity (Wildman–Crippen MR) is 77.4 cm³/mol. The highest BCUT2D eigenvalue weighted by atomic mass is 16.5. The van der Waals surface area contributed by atoms with Crippen molar-refractivity contribution in [3.63, 3.8) is 0 Å². The van der Waals surface area contributed by atoms with Gasteiger partial charge in [0.1, 0.15) is 6.54 Å². The number of hydrogen-bond donors (Lipinski definition) is 1. The molecule has 0 saturated heterocycles. The third kappa shape index (κ3) is 3.28. The number of aryl methyl sites for hydroxylation is 1. The van der Waals surface area contributed by atoms with E-state index in [4.69, 9.17) is 4.74 Å². The number of nitrogens with zero attached hydrogens (tertiary/aromatic N) is 1. The lowest BCUT2D eigenvalue weighted by Crippen LogP contribution is -2.40. The Kier molecular flexibility index (Phi) is 4.70. The number of anilines is 1. The first-order valence-corrected chi connectivity index (χ1v) is 6.77. The van der Waals surface area contributed by atoms with Crippen molar-refractivity contribution in [1.82, 2.24) is 5.32 Å². The molecule has 0 saturated carbocycles. The van der Waals surface area contributed by atoms with Gasteiger partial charge in [-0.1, -0.05) is 11.6 Å². The van der Waals surface area contributed by atoms with E-state index in [-0.39, 0.29) is 12.5 Å². The minimum absolute atomic E-state index is 0.145. The van der Waals surface area contributed by atoms with Crippen molar-refractivity contribution in [2.75, 3.05) is 31.7 Å². The summed E-state index contributed by atoms with van der Waals surface area (Å²) in [6.45, 7) is 2.74. The molecule has 1 aliphatic heterocycles. The molecule has 0 bridgehead atoms. The monoisotopic (exact) mass is 290 g/mol. The molecule has 1 N–H and O–H groups in total. The molecule has 21 heavy (non-hydrogen) atoms. The fourth-order valence-electron chi connectivity index (χ4n) is 2.22. The molecule has 0 aromatic heterocycles. The maximum atomic E-state index is 12.0. The molecule has 1 aromatic rings. The van der Waals surface area contributed by atoms with Crippen LogP contribution in [0.4, 0.5) is 5.69 Å². The van der Waals surface area contributed by atoms with Crippen LogP contribution < -0.4 is 10.2 Å². The third-order valence-electron chi connectivity index (χ3n) is 3.28. The normalized spacial score (nSPS) is 13.5. The van der Waals surface area contributed by atoms with E-state index in [0.29, 0.717) is 30.8 Å². The van der Waals surface area contributed by atoms with Crippen LogP contribution in [0.25, 0.3) is 0 Å². The minimum atomic E-state index is -0.650. The molecule has 0 spiro atoms. The second-order valence-corrected chi connectivity index (χ2v) is 4.94. The van der Waals surface area contributed by atoms with Crippen molar-refractivity contribution >= 4 is 23.3 Å². The first-order valence-electron chi connectivity index (χ1n) is 6.77. The second-order valence-electron chi connectivity index (χ2n) is 4.94. The third-order valence-corrected chi connectivity index (χ3v) is 3.28. The Morgan fingerprint density at radius 3 is 2.81 bits per heavy atom.